The number of aliphatic carboxylic acids is 2. The number of urea groups is 1. The van der Waals surface area contributed by atoms with Gasteiger partial charge in [-0.25, -0.2) is 14.4 Å². The predicted molar refractivity (Wildman–Crippen MR) is 97.2 cm³/mol. The van der Waals surface area contributed by atoms with E-state index in [9.17, 15) is 0 Å². The summed E-state index contributed by atoms with van der Waals surface area (Å²) in [5, 5.41) is 14.8. The van der Waals surface area contributed by atoms with E-state index in [1.807, 2.05) is 0 Å². The van der Waals surface area contributed by atoms with Gasteiger partial charge < -0.3 is 75.8 Å². The monoisotopic (exact) mass is 422 g/mol. The summed E-state index contributed by atoms with van der Waals surface area (Å²) in [6, 6.07) is -0.833. The molecule has 1 rings (SSSR count). The van der Waals surface area contributed by atoms with Crippen LogP contribution in [-0.2, 0) is 19.2 Å². The molecule has 0 bridgehead atoms. The minimum absolute atomic E-state index is 0. The summed E-state index contributed by atoms with van der Waals surface area (Å²) in [5.41, 5.74) is 23.9. The predicted octanol–water partition coefficient (Wildman–Crippen LogP) is -2.81. The minimum Gasteiger partial charge on any atom is -0.473 e. The van der Waals surface area contributed by atoms with Gasteiger partial charge in [0.1, 0.15) is 0 Å². The smallest absolute Gasteiger partial charge is 0.414 e. The van der Waals surface area contributed by atoms with Gasteiger partial charge in [-0.05, 0) is 0 Å². The zero-order valence-corrected chi connectivity index (χ0v) is 14.9. The molecule has 170 valence electrons. The minimum atomic E-state index is -1.82. The summed E-state index contributed by atoms with van der Waals surface area (Å²) in [7, 11) is 0. The van der Waals surface area contributed by atoms with Gasteiger partial charge in [-0.2, -0.15) is 24.5 Å². The molecule has 0 saturated carbocycles. The summed E-state index contributed by atoms with van der Waals surface area (Å²) >= 11 is 0. The summed E-state index contributed by atoms with van der Waals surface area (Å²) in [4.78, 5) is 53.9. The summed E-state index contributed by atoms with van der Waals surface area (Å²) in [5.74, 6) is -3.52. The van der Waals surface area contributed by atoms with Crippen LogP contribution in [0.2, 0.25) is 0 Å². The first-order chi connectivity index (χ1) is 9.97. The molecule has 0 fully saturated rings. The van der Waals surface area contributed by atoms with Gasteiger partial charge in [0.15, 0.2) is 0 Å². The van der Waals surface area contributed by atoms with E-state index in [0.29, 0.717) is 0 Å². The van der Waals surface area contributed by atoms with Crippen molar-refractivity contribution in [3.8, 4) is 0 Å². The Balaban J connectivity index is -0.0000000246. The number of carbonyl (C=O) groups excluding carboxylic acids is 3. The van der Waals surface area contributed by atoms with Gasteiger partial charge in [-0.3, -0.25) is 0 Å². The van der Waals surface area contributed by atoms with E-state index in [4.69, 9.17) is 51.4 Å². The highest BCUT2D eigenvalue weighted by molar-refractivity contribution is 6.27. The second-order valence-corrected chi connectivity index (χ2v) is 2.51. The van der Waals surface area contributed by atoms with E-state index >= 15 is 0 Å². The lowest BCUT2D eigenvalue weighted by molar-refractivity contribution is -0.191. The van der Waals surface area contributed by atoms with Crippen LogP contribution in [0.25, 0.3) is 0 Å². The zero-order valence-electron chi connectivity index (χ0n) is 14.9. The van der Waals surface area contributed by atoms with Crippen molar-refractivity contribution >= 4 is 42.0 Å². The fourth-order valence-electron chi connectivity index (χ4n) is 0.427. The fraction of sp³-hybridized carbons (Fsp3) is 0. The second-order valence-electron chi connectivity index (χ2n) is 2.51. The van der Waals surface area contributed by atoms with E-state index in [0.717, 1.165) is 0 Å². The lowest BCUT2D eigenvalue weighted by Crippen LogP contribution is -2.18. The number of carboxylic acid groups (broad SMARTS) is 2. The van der Waals surface area contributed by atoms with Crippen molar-refractivity contribution in [3.05, 3.63) is 0 Å². The molecular formula is C7H30N14O7. The van der Waals surface area contributed by atoms with Gasteiger partial charge in [0, 0.05) is 0 Å². The zero-order chi connectivity index (χ0) is 18.3. The Labute approximate surface area is 157 Å². The Morgan fingerprint density at radius 2 is 0.750 bits per heavy atom. The molecule has 28 heavy (non-hydrogen) atoms. The SMILES string of the molecule is N.N.N.N.N.N.NC(N)=O.Nc1nc(N)nc(N)n1.O=C(O)C(=O)O.O=C=O. The number of amides is 2. The molecule has 1 aromatic rings. The number of nitrogen functional groups attached to an aromatic ring is 3. The number of anilines is 3. The van der Waals surface area contributed by atoms with E-state index < -0.39 is 18.0 Å². The molecule has 30 N–H and O–H groups in total. The molecule has 0 atom stereocenters. The maximum absolute atomic E-state index is 9.10. The molecule has 2 amide bonds. The molecule has 0 spiro atoms. The molecule has 21 nitrogen and oxygen atoms in total. The van der Waals surface area contributed by atoms with Gasteiger partial charge >= 0.3 is 24.1 Å². The Morgan fingerprint density at radius 3 is 0.821 bits per heavy atom. The summed E-state index contributed by atoms with van der Waals surface area (Å²) in [6.07, 6.45) is 0.250. The number of rotatable bonds is 0. The highest BCUT2D eigenvalue weighted by atomic mass is 16.4. The Hall–Kier alpha value is -4.24. The Bertz CT molecular complexity index is 482. The molecule has 1 aromatic heterocycles. The molecule has 0 aliphatic heterocycles. The number of hydrogen-bond donors (Lipinski definition) is 13. The fourth-order valence-corrected chi connectivity index (χ4v) is 0.427. The standard InChI is InChI=1S/C3H6N6.C2H2O4.CH4N2O.CO2.6H3N/c4-1-7-2(5)9-3(6)8-1;3-1(4)2(5)6;2-1(3)4;2-1-3;;;;;;/h(H6,4,5,6,7,8,9);(H,3,4)(H,5,6);(H4,2,3,4);;6*1H3. The maximum atomic E-state index is 9.10. The van der Waals surface area contributed by atoms with Gasteiger partial charge in [0.05, 0.1) is 0 Å². The average molecular weight is 422 g/mol. The van der Waals surface area contributed by atoms with Crippen LogP contribution in [0, 0.1) is 0 Å². The molecule has 0 radical (unpaired) electrons. The normalized spacial score (nSPS) is 5.71. The first kappa shape index (κ1) is 56.5. The van der Waals surface area contributed by atoms with Crippen LogP contribution in [0.1, 0.15) is 0 Å². The Morgan fingerprint density at radius 1 is 0.643 bits per heavy atom. The van der Waals surface area contributed by atoms with Gasteiger partial charge in [0.2, 0.25) is 17.8 Å². The first-order valence-corrected chi connectivity index (χ1v) is 4.50. The van der Waals surface area contributed by atoms with E-state index in [1.165, 1.54) is 0 Å². The molecule has 1 heterocycles. The third kappa shape index (κ3) is 67.8. The third-order valence-corrected chi connectivity index (χ3v) is 0.870. The summed E-state index contributed by atoms with van der Waals surface area (Å²) in [6.45, 7) is 0. The van der Waals surface area contributed by atoms with Gasteiger partial charge in [-0.15, -0.1) is 0 Å². The molecule has 0 unspecified atom stereocenters. The first-order valence-electron chi connectivity index (χ1n) is 4.50. The number of nitrogens with two attached hydrogens (primary N) is 5. The molecule has 0 aliphatic rings. The van der Waals surface area contributed by atoms with Crippen LogP contribution in [0.4, 0.5) is 22.6 Å². The van der Waals surface area contributed by atoms with Gasteiger partial charge in [-0.1, -0.05) is 0 Å². The van der Waals surface area contributed by atoms with Crippen LogP contribution in [0.3, 0.4) is 0 Å². The van der Waals surface area contributed by atoms with Crippen molar-refractivity contribution in [3.63, 3.8) is 0 Å². The molecule has 0 saturated heterocycles. The third-order valence-electron chi connectivity index (χ3n) is 0.870. The topological polar surface area (TPSA) is 505 Å². The number of carbonyl (C=O) groups is 3. The van der Waals surface area contributed by atoms with Crippen molar-refractivity contribution in [2.24, 2.45) is 11.5 Å². The molecule has 0 aromatic carbocycles. The highest BCUT2D eigenvalue weighted by Gasteiger charge is 2.04. The number of primary amides is 2. The van der Waals surface area contributed by atoms with Crippen molar-refractivity contribution in [2.45, 2.75) is 0 Å². The lowest BCUT2D eigenvalue weighted by Gasteiger charge is -1.93. The molecule has 21 heteroatoms. The second kappa shape index (κ2) is 34.2. The number of aromatic nitrogens is 3. The molecule has 0 aliphatic carbocycles. The number of carboxylic acids is 2. The largest absolute Gasteiger partial charge is 0.473 e. The maximum Gasteiger partial charge on any atom is 0.414 e. The average Bonchev–Trinajstić information content (AvgIpc) is 2.27. The quantitative estimate of drug-likeness (QED) is 0.187. The lowest BCUT2D eigenvalue weighted by atomic mass is 10.7. The van der Waals surface area contributed by atoms with Crippen molar-refractivity contribution in [2.75, 3.05) is 17.2 Å². The Kier molecular flexibility index (Phi) is 68.9. The van der Waals surface area contributed by atoms with E-state index in [-0.39, 0.29) is 60.9 Å². The van der Waals surface area contributed by atoms with Gasteiger partial charge in [0.25, 0.3) is 0 Å². The van der Waals surface area contributed by atoms with Crippen molar-refractivity contribution < 1.29 is 34.2 Å². The van der Waals surface area contributed by atoms with E-state index in [1.54, 1.807) is 0 Å². The highest BCUT2D eigenvalue weighted by Crippen LogP contribution is 1.97. The van der Waals surface area contributed by atoms with Crippen LogP contribution in [0.5, 0.6) is 0 Å². The van der Waals surface area contributed by atoms with E-state index in [2.05, 4.69) is 26.4 Å². The van der Waals surface area contributed by atoms with Crippen LogP contribution in [0.15, 0.2) is 0 Å². The molecular weight excluding hydrogens is 392 g/mol. The van der Waals surface area contributed by atoms with Crippen LogP contribution >= 0.6 is 0 Å². The number of nitrogens with zero attached hydrogens (tertiary/aromatic N) is 3. The number of hydrogen-bond acceptors (Lipinski definition) is 17. The summed E-state index contributed by atoms with van der Waals surface area (Å²) < 4.78 is 0. The van der Waals surface area contributed by atoms with Crippen LogP contribution in [-0.4, -0.2) is 49.3 Å². The van der Waals surface area contributed by atoms with Crippen molar-refractivity contribution in [1.82, 2.24) is 51.9 Å². The van der Waals surface area contributed by atoms with Crippen molar-refractivity contribution in [1.29, 1.82) is 0 Å². The van der Waals surface area contributed by atoms with Crippen LogP contribution < -0.4 is 65.6 Å².